The van der Waals surface area contributed by atoms with E-state index in [0.717, 1.165) is 38.5 Å². The topological polar surface area (TPSA) is 105 Å². The van der Waals surface area contributed by atoms with Crippen LogP contribution in [0.5, 0.6) is 0 Å². The summed E-state index contributed by atoms with van der Waals surface area (Å²) >= 11 is 0. The maximum Gasteiger partial charge on any atom is 0.472 e. The number of phosphoric acid groups is 1. The number of allylic oxidation sites excluding steroid dienone is 1. The average molecular weight is 1050 g/mol. The monoisotopic (exact) mass is 1050 g/mol. The van der Waals surface area contributed by atoms with Crippen LogP contribution < -0.4 is 5.32 Å². The summed E-state index contributed by atoms with van der Waals surface area (Å²) in [5.41, 5.74) is 0. The van der Waals surface area contributed by atoms with Crippen molar-refractivity contribution in [2.24, 2.45) is 0 Å². The summed E-state index contributed by atoms with van der Waals surface area (Å²) in [4.78, 5) is 23.2. The SMILES string of the molecule is CCCCCCCCCCC/C=C/C(O)C(COP(=O)(O)OCC[N+](C)(C)C)NC(=O)CCCCCCCCCCCCCCCCCCCCCCCCCCCCCCCCCCCCCCCCCC. The van der Waals surface area contributed by atoms with Gasteiger partial charge in [-0.1, -0.05) is 328 Å². The van der Waals surface area contributed by atoms with Crippen molar-refractivity contribution in [3.8, 4) is 0 Å². The van der Waals surface area contributed by atoms with E-state index >= 15 is 0 Å². The number of nitrogens with zero attached hydrogens (tertiary/aromatic N) is 1. The smallest absolute Gasteiger partial charge is 0.387 e. The Morgan fingerprint density at radius 2 is 0.726 bits per heavy atom. The molecule has 73 heavy (non-hydrogen) atoms. The molecule has 0 bridgehead atoms. The molecule has 8 nitrogen and oxygen atoms in total. The Kier molecular flexibility index (Phi) is 55.4. The molecule has 9 heteroatoms. The maximum atomic E-state index is 13.0. The van der Waals surface area contributed by atoms with Crippen molar-refractivity contribution < 1.29 is 32.9 Å². The number of unbranched alkanes of at least 4 members (excludes halogenated alkanes) is 48. The summed E-state index contributed by atoms with van der Waals surface area (Å²) in [6, 6.07) is -0.841. The van der Waals surface area contributed by atoms with Crippen molar-refractivity contribution in [3.05, 3.63) is 12.2 Å². The van der Waals surface area contributed by atoms with E-state index in [9.17, 15) is 19.4 Å². The molecule has 0 heterocycles. The van der Waals surface area contributed by atoms with Gasteiger partial charge in [-0.05, 0) is 19.3 Å². The van der Waals surface area contributed by atoms with Crippen LogP contribution in [0.2, 0.25) is 0 Å². The van der Waals surface area contributed by atoms with Gasteiger partial charge >= 0.3 is 7.82 Å². The van der Waals surface area contributed by atoms with Crippen LogP contribution in [0.25, 0.3) is 0 Å². The molecule has 0 radical (unpaired) electrons. The lowest BCUT2D eigenvalue weighted by Gasteiger charge is -2.25. The number of carbonyl (C=O) groups excluding carboxylic acids is 1. The minimum absolute atomic E-state index is 0.0648. The molecule has 0 fully saturated rings. The maximum absolute atomic E-state index is 13.0. The van der Waals surface area contributed by atoms with Crippen LogP contribution in [-0.4, -0.2) is 73.4 Å². The highest BCUT2D eigenvalue weighted by Crippen LogP contribution is 2.43. The van der Waals surface area contributed by atoms with Gasteiger partial charge in [0, 0.05) is 6.42 Å². The first-order valence-corrected chi connectivity index (χ1v) is 34.1. The second-order valence-electron chi connectivity index (χ2n) is 23.9. The first-order valence-electron chi connectivity index (χ1n) is 32.6. The highest BCUT2D eigenvalue weighted by molar-refractivity contribution is 7.47. The Hall–Kier alpha value is -0.760. The van der Waals surface area contributed by atoms with Crippen LogP contribution in [0.3, 0.4) is 0 Å². The molecule has 3 N–H and O–H groups in total. The lowest BCUT2D eigenvalue weighted by atomic mass is 10.0. The van der Waals surface area contributed by atoms with E-state index in [4.69, 9.17) is 9.05 Å². The van der Waals surface area contributed by atoms with Crippen LogP contribution in [0.4, 0.5) is 0 Å². The number of hydrogen-bond acceptors (Lipinski definition) is 5. The molecule has 0 saturated carbocycles. The molecule has 1 amide bonds. The van der Waals surface area contributed by atoms with Crippen LogP contribution in [0.15, 0.2) is 12.2 Å². The van der Waals surface area contributed by atoms with Crippen LogP contribution in [0.1, 0.15) is 341 Å². The fourth-order valence-electron chi connectivity index (χ4n) is 10.2. The van der Waals surface area contributed by atoms with Crippen molar-refractivity contribution >= 4 is 13.7 Å². The average Bonchev–Trinajstić information content (AvgIpc) is 3.35. The first-order chi connectivity index (χ1) is 35.5. The van der Waals surface area contributed by atoms with Gasteiger partial charge < -0.3 is 19.8 Å². The zero-order valence-electron chi connectivity index (χ0n) is 49.9. The number of hydrogen-bond donors (Lipinski definition) is 3. The molecule has 436 valence electrons. The summed E-state index contributed by atoms with van der Waals surface area (Å²) in [5.74, 6) is -0.171. The molecular weight excluding hydrogens is 924 g/mol. The highest BCUT2D eigenvalue weighted by atomic mass is 31.2. The number of carbonyl (C=O) groups is 1. The number of likely N-dealkylation sites (N-methyl/N-ethyl adjacent to an activating group) is 1. The first kappa shape index (κ1) is 72.2. The Labute approximate surface area is 456 Å². The standard InChI is InChI=1S/C64H129N2O6P/c1-6-8-10-12-14-16-18-19-20-21-22-23-24-25-26-27-28-29-30-31-32-33-34-35-36-37-38-39-40-41-42-43-44-45-46-48-50-52-54-56-58-64(68)65-62(61-72-73(69,70)71-60-59-66(3,4)5)63(67)57-55-53-51-49-47-17-15-13-11-9-7-2/h55,57,62-63,67H,6-54,56,58-61H2,1-5H3,(H-,65,68,69,70)/p+1/b57-55+. The Morgan fingerprint density at radius 3 is 1.01 bits per heavy atom. The van der Waals surface area contributed by atoms with Gasteiger partial charge in [0.2, 0.25) is 5.91 Å². The molecule has 0 aliphatic carbocycles. The van der Waals surface area contributed by atoms with Crippen LogP contribution in [-0.2, 0) is 18.4 Å². The van der Waals surface area contributed by atoms with Crippen molar-refractivity contribution in [1.29, 1.82) is 0 Å². The zero-order valence-corrected chi connectivity index (χ0v) is 50.8. The number of amides is 1. The third-order valence-electron chi connectivity index (χ3n) is 15.3. The summed E-state index contributed by atoms with van der Waals surface area (Å²) < 4.78 is 23.7. The second-order valence-corrected chi connectivity index (χ2v) is 25.3. The summed E-state index contributed by atoms with van der Waals surface area (Å²) in [6.45, 7) is 4.84. The van der Waals surface area contributed by atoms with Crippen molar-refractivity contribution in [1.82, 2.24) is 5.32 Å². The minimum Gasteiger partial charge on any atom is -0.387 e. The predicted molar refractivity (Wildman–Crippen MR) is 319 cm³/mol. The number of phosphoric ester groups is 1. The molecule has 0 aromatic rings. The minimum atomic E-state index is -4.34. The van der Waals surface area contributed by atoms with E-state index in [0.29, 0.717) is 17.4 Å². The zero-order chi connectivity index (χ0) is 53.5. The lowest BCUT2D eigenvalue weighted by molar-refractivity contribution is -0.870. The molecule has 0 aromatic carbocycles. The molecule has 3 unspecified atom stereocenters. The van der Waals surface area contributed by atoms with Crippen LogP contribution >= 0.6 is 7.82 Å². The molecule has 0 aliphatic rings. The fraction of sp³-hybridized carbons (Fsp3) is 0.953. The highest BCUT2D eigenvalue weighted by Gasteiger charge is 2.28. The Morgan fingerprint density at radius 1 is 0.452 bits per heavy atom. The van der Waals surface area contributed by atoms with E-state index in [1.165, 1.54) is 283 Å². The van der Waals surface area contributed by atoms with E-state index in [1.54, 1.807) is 6.08 Å². The van der Waals surface area contributed by atoms with E-state index in [-0.39, 0.29) is 19.1 Å². The van der Waals surface area contributed by atoms with Gasteiger partial charge in [-0.3, -0.25) is 13.8 Å². The third-order valence-corrected chi connectivity index (χ3v) is 16.2. The molecule has 0 aliphatic heterocycles. The van der Waals surface area contributed by atoms with Gasteiger partial charge in [0.25, 0.3) is 0 Å². The number of aliphatic hydroxyl groups excluding tert-OH is 1. The third kappa shape index (κ3) is 58.8. The van der Waals surface area contributed by atoms with E-state index in [2.05, 4.69) is 19.2 Å². The molecule has 3 atom stereocenters. The molecular formula is C64H130N2O6P+. The van der Waals surface area contributed by atoms with Crippen molar-refractivity contribution in [2.75, 3.05) is 40.9 Å². The quantitative estimate of drug-likeness (QED) is 0.0243. The van der Waals surface area contributed by atoms with E-state index in [1.807, 2.05) is 27.2 Å². The van der Waals surface area contributed by atoms with Crippen molar-refractivity contribution in [2.45, 2.75) is 353 Å². The molecule has 0 spiro atoms. The summed E-state index contributed by atoms with van der Waals surface area (Å²) in [6.07, 6.45) is 70.9. The predicted octanol–water partition coefficient (Wildman–Crippen LogP) is 20.2. The Bertz CT molecular complexity index is 1200. The number of rotatable bonds is 61. The molecule has 0 saturated heterocycles. The molecule has 0 aromatic heterocycles. The normalized spacial score (nSPS) is 13.8. The number of nitrogens with one attached hydrogen (secondary N) is 1. The van der Waals surface area contributed by atoms with E-state index < -0.39 is 20.0 Å². The number of quaternary nitrogens is 1. The van der Waals surface area contributed by atoms with Gasteiger partial charge in [0.1, 0.15) is 13.2 Å². The van der Waals surface area contributed by atoms with Gasteiger partial charge in [-0.25, -0.2) is 4.57 Å². The molecule has 0 rings (SSSR count). The lowest BCUT2D eigenvalue weighted by Crippen LogP contribution is -2.45. The van der Waals surface area contributed by atoms with Gasteiger partial charge in [-0.15, -0.1) is 0 Å². The van der Waals surface area contributed by atoms with Gasteiger partial charge in [-0.2, -0.15) is 0 Å². The number of aliphatic hydroxyl groups is 1. The van der Waals surface area contributed by atoms with Gasteiger partial charge in [0.15, 0.2) is 0 Å². The summed E-state index contributed by atoms with van der Waals surface area (Å²) in [5, 5.41) is 13.9. The van der Waals surface area contributed by atoms with Crippen LogP contribution in [0, 0.1) is 0 Å². The second kappa shape index (κ2) is 56.0. The Balaban J connectivity index is 3.76. The van der Waals surface area contributed by atoms with Crippen molar-refractivity contribution in [3.63, 3.8) is 0 Å². The largest absolute Gasteiger partial charge is 0.472 e. The van der Waals surface area contributed by atoms with Gasteiger partial charge in [0.05, 0.1) is 39.9 Å². The fourth-order valence-corrected chi connectivity index (χ4v) is 10.9. The summed E-state index contributed by atoms with van der Waals surface area (Å²) in [7, 11) is 1.59.